The first-order chi connectivity index (χ1) is 17.9. The van der Waals surface area contributed by atoms with Gasteiger partial charge in [-0.25, -0.2) is 14.2 Å². The third-order valence-electron chi connectivity index (χ3n) is 6.23. The lowest BCUT2D eigenvalue weighted by atomic mass is 10.1. The second-order valence-electron chi connectivity index (χ2n) is 8.88. The Morgan fingerprint density at radius 3 is 2.49 bits per heavy atom. The summed E-state index contributed by atoms with van der Waals surface area (Å²) in [7, 11) is 1.58. The number of nitrogens with zero attached hydrogens (tertiary/aromatic N) is 4. The summed E-state index contributed by atoms with van der Waals surface area (Å²) in [4.78, 5) is 35.2. The van der Waals surface area contributed by atoms with Crippen molar-refractivity contribution >= 4 is 16.9 Å². The summed E-state index contributed by atoms with van der Waals surface area (Å²) >= 11 is 0. The van der Waals surface area contributed by atoms with Crippen molar-refractivity contribution in [3.63, 3.8) is 0 Å². The molecule has 3 aromatic heterocycles. The number of pyridine rings is 1. The van der Waals surface area contributed by atoms with Gasteiger partial charge in [0.2, 0.25) is 5.95 Å². The van der Waals surface area contributed by atoms with E-state index in [4.69, 9.17) is 9.15 Å². The molecule has 9 nitrogen and oxygen atoms in total. The summed E-state index contributed by atoms with van der Waals surface area (Å²) in [6, 6.07) is 18.7. The van der Waals surface area contributed by atoms with E-state index in [9.17, 15) is 9.59 Å². The number of aryl methyl sites for hydroxylation is 2. The van der Waals surface area contributed by atoms with Gasteiger partial charge in [-0.1, -0.05) is 30.3 Å². The van der Waals surface area contributed by atoms with Crippen LogP contribution in [0.3, 0.4) is 0 Å². The van der Waals surface area contributed by atoms with Crippen LogP contribution in [0, 0.1) is 13.8 Å². The molecule has 3 heterocycles. The number of furan rings is 1. The fraction of sp³-hybridized carbons (Fsp3) is 0.214. The maximum atomic E-state index is 13.6. The monoisotopic (exact) mass is 497 g/mol. The zero-order valence-corrected chi connectivity index (χ0v) is 20.9. The molecule has 0 atom stereocenters. The molecular weight excluding hydrogens is 470 g/mol. The van der Waals surface area contributed by atoms with Gasteiger partial charge in [-0.3, -0.25) is 9.55 Å². The van der Waals surface area contributed by atoms with E-state index in [1.807, 2.05) is 62.4 Å². The predicted molar refractivity (Wildman–Crippen MR) is 141 cm³/mol. The van der Waals surface area contributed by atoms with E-state index < -0.39 is 11.4 Å². The second-order valence-corrected chi connectivity index (χ2v) is 8.88. The molecule has 0 amide bonds. The van der Waals surface area contributed by atoms with Crippen LogP contribution in [-0.4, -0.2) is 26.2 Å². The predicted octanol–water partition coefficient (Wildman–Crippen LogP) is 3.88. The standard InChI is InChI=1S/C28H27N5O4/c1-18-12-19(2)29-14-22(18)15-30-26-31-27(34)33(16-20-8-10-23(36-3)11-9-20)28(35)32(26)17-24-13-21-6-4-5-7-25(21)37-24/h4-14H,15-17H2,1-3H3,(H,30,31,34). The number of methoxy groups -OCH3 is 1. The number of aromatic nitrogens is 4. The van der Waals surface area contributed by atoms with Gasteiger partial charge in [-0.2, -0.15) is 4.98 Å². The molecule has 37 heavy (non-hydrogen) atoms. The fourth-order valence-electron chi connectivity index (χ4n) is 4.21. The van der Waals surface area contributed by atoms with Gasteiger partial charge in [-0.05, 0) is 60.9 Å². The summed E-state index contributed by atoms with van der Waals surface area (Å²) in [6.45, 7) is 4.47. The van der Waals surface area contributed by atoms with Crippen LogP contribution in [0.2, 0.25) is 0 Å². The Morgan fingerprint density at radius 1 is 0.973 bits per heavy atom. The summed E-state index contributed by atoms with van der Waals surface area (Å²) in [6.07, 6.45) is 1.78. The number of anilines is 1. The van der Waals surface area contributed by atoms with Crippen molar-refractivity contribution in [2.24, 2.45) is 0 Å². The Balaban J connectivity index is 1.53. The lowest BCUT2D eigenvalue weighted by Gasteiger charge is -2.15. The van der Waals surface area contributed by atoms with Crippen LogP contribution >= 0.6 is 0 Å². The van der Waals surface area contributed by atoms with Crippen molar-refractivity contribution in [2.45, 2.75) is 33.5 Å². The normalized spacial score (nSPS) is 11.1. The van der Waals surface area contributed by atoms with Crippen LogP contribution < -0.4 is 21.4 Å². The molecule has 5 rings (SSSR count). The Labute approximate surface area is 213 Å². The van der Waals surface area contributed by atoms with Crippen LogP contribution in [0.5, 0.6) is 5.75 Å². The molecule has 0 saturated heterocycles. The summed E-state index contributed by atoms with van der Waals surface area (Å²) < 4.78 is 13.7. The molecule has 0 fully saturated rings. The third-order valence-corrected chi connectivity index (χ3v) is 6.23. The molecule has 0 aliphatic carbocycles. The van der Waals surface area contributed by atoms with Gasteiger partial charge in [0, 0.05) is 23.8 Å². The van der Waals surface area contributed by atoms with Crippen molar-refractivity contribution in [2.75, 3.05) is 12.4 Å². The smallest absolute Gasteiger partial charge is 0.355 e. The second kappa shape index (κ2) is 10.1. The van der Waals surface area contributed by atoms with Crippen molar-refractivity contribution < 1.29 is 9.15 Å². The van der Waals surface area contributed by atoms with Crippen LogP contribution in [0.25, 0.3) is 11.0 Å². The van der Waals surface area contributed by atoms with Gasteiger partial charge in [-0.15, -0.1) is 0 Å². The molecule has 0 aliphatic rings. The molecule has 5 aromatic rings. The summed E-state index contributed by atoms with van der Waals surface area (Å²) in [5.41, 5.74) is 3.29. The number of benzene rings is 2. The lowest BCUT2D eigenvalue weighted by molar-refractivity contribution is 0.414. The largest absolute Gasteiger partial charge is 0.497 e. The molecule has 9 heteroatoms. The highest BCUT2D eigenvalue weighted by molar-refractivity contribution is 5.77. The number of fused-ring (bicyclic) bond motifs is 1. The third kappa shape index (κ3) is 5.16. The lowest BCUT2D eigenvalue weighted by Crippen LogP contribution is -2.43. The Bertz CT molecular complexity index is 1650. The summed E-state index contributed by atoms with van der Waals surface area (Å²) in [5, 5.41) is 4.10. The Hall–Kier alpha value is -4.66. The molecule has 0 spiro atoms. The first kappa shape index (κ1) is 24.1. The minimum atomic E-state index is -0.636. The van der Waals surface area contributed by atoms with E-state index in [0.717, 1.165) is 37.9 Å². The fourth-order valence-corrected chi connectivity index (χ4v) is 4.21. The van der Waals surface area contributed by atoms with E-state index in [2.05, 4.69) is 15.3 Å². The molecular formula is C28H27N5O4. The van der Waals surface area contributed by atoms with Crippen molar-refractivity contribution in [1.29, 1.82) is 0 Å². The minimum Gasteiger partial charge on any atom is -0.497 e. The molecule has 0 unspecified atom stereocenters. The topological polar surface area (TPSA) is 104 Å². The highest BCUT2D eigenvalue weighted by atomic mass is 16.5. The number of rotatable bonds is 8. The summed E-state index contributed by atoms with van der Waals surface area (Å²) in [5.74, 6) is 1.44. The van der Waals surface area contributed by atoms with E-state index in [0.29, 0.717) is 18.1 Å². The Morgan fingerprint density at radius 2 is 1.76 bits per heavy atom. The average Bonchev–Trinajstić information content (AvgIpc) is 3.31. The SMILES string of the molecule is COc1ccc(Cn2c(=O)nc(NCc3cnc(C)cc3C)n(Cc3cc4ccccc4o3)c2=O)cc1. The molecule has 1 N–H and O–H groups in total. The number of nitrogens with one attached hydrogen (secondary N) is 1. The van der Waals surface area contributed by atoms with E-state index in [-0.39, 0.29) is 19.0 Å². The van der Waals surface area contributed by atoms with E-state index in [1.54, 1.807) is 25.4 Å². The molecule has 0 bridgehead atoms. The minimum absolute atomic E-state index is 0.0794. The Kier molecular flexibility index (Phi) is 6.59. The van der Waals surface area contributed by atoms with Crippen LogP contribution in [0.4, 0.5) is 5.95 Å². The number of hydrogen-bond acceptors (Lipinski definition) is 7. The van der Waals surface area contributed by atoms with Crippen molar-refractivity contribution in [1.82, 2.24) is 19.1 Å². The van der Waals surface area contributed by atoms with Gasteiger partial charge in [0.05, 0.1) is 20.2 Å². The zero-order valence-electron chi connectivity index (χ0n) is 20.9. The molecule has 0 aliphatic heterocycles. The molecule has 0 radical (unpaired) electrons. The maximum Gasteiger partial charge on any atom is 0.355 e. The number of ether oxygens (including phenoxy) is 1. The number of para-hydroxylation sites is 1. The van der Waals surface area contributed by atoms with Crippen LogP contribution in [0.1, 0.15) is 28.1 Å². The first-order valence-corrected chi connectivity index (χ1v) is 11.9. The first-order valence-electron chi connectivity index (χ1n) is 11.9. The maximum absolute atomic E-state index is 13.6. The van der Waals surface area contributed by atoms with Gasteiger partial charge in [0.25, 0.3) is 0 Å². The quantitative estimate of drug-likeness (QED) is 0.347. The number of hydrogen-bond donors (Lipinski definition) is 1. The van der Waals surface area contributed by atoms with Gasteiger partial charge in [0.1, 0.15) is 17.1 Å². The molecule has 188 valence electrons. The van der Waals surface area contributed by atoms with Gasteiger partial charge < -0.3 is 14.5 Å². The van der Waals surface area contributed by atoms with Gasteiger partial charge >= 0.3 is 11.4 Å². The average molecular weight is 498 g/mol. The molecule has 2 aromatic carbocycles. The van der Waals surface area contributed by atoms with Gasteiger partial charge in [0.15, 0.2) is 0 Å². The van der Waals surface area contributed by atoms with Crippen LogP contribution in [-0.2, 0) is 19.6 Å². The highest BCUT2D eigenvalue weighted by Crippen LogP contribution is 2.20. The van der Waals surface area contributed by atoms with E-state index in [1.165, 1.54) is 4.57 Å². The van der Waals surface area contributed by atoms with E-state index >= 15 is 0 Å². The molecule has 0 saturated carbocycles. The van der Waals surface area contributed by atoms with Crippen molar-refractivity contribution in [3.8, 4) is 5.75 Å². The van der Waals surface area contributed by atoms with Crippen LogP contribution in [0.15, 0.2) is 80.9 Å². The zero-order chi connectivity index (χ0) is 25.9. The van der Waals surface area contributed by atoms with Crippen molar-refractivity contribution in [3.05, 3.63) is 116 Å². The highest BCUT2D eigenvalue weighted by Gasteiger charge is 2.16.